The van der Waals surface area contributed by atoms with Gasteiger partial charge in [0.2, 0.25) is 0 Å². The van der Waals surface area contributed by atoms with E-state index in [0.717, 1.165) is 45.9 Å². The highest BCUT2D eigenvalue weighted by Crippen LogP contribution is 2.52. The molecule has 0 bridgehead atoms. The molecule has 3 aromatic rings. The zero-order chi connectivity index (χ0) is 18.0. The van der Waals surface area contributed by atoms with Crippen LogP contribution in [0.3, 0.4) is 0 Å². The minimum absolute atomic E-state index is 0.0361. The van der Waals surface area contributed by atoms with Gasteiger partial charge in [-0.05, 0) is 63.6 Å². The summed E-state index contributed by atoms with van der Waals surface area (Å²) >= 11 is 6.40. The van der Waals surface area contributed by atoms with E-state index in [1.807, 2.05) is 18.2 Å². The molecule has 3 aromatic carbocycles. The van der Waals surface area contributed by atoms with Gasteiger partial charge in [0.25, 0.3) is 0 Å². The number of alkyl halides is 1. The molecule has 0 saturated heterocycles. The first-order chi connectivity index (χ1) is 12.7. The van der Waals surface area contributed by atoms with Crippen LogP contribution < -0.4 is 9.47 Å². The van der Waals surface area contributed by atoms with Crippen molar-refractivity contribution in [1.82, 2.24) is 0 Å². The highest BCUT2D eigenvalue weighted by atomic mass is 35.5. The van der Waals surface area contributed by atoms with Gasteiger partial charge >= 0.3 is 0 Å². The summed E-state index contributed by atoms with van der Waals surface area (Å²) in [5, 5.41) is 1.47. The van der Waals surface area contributed by atoms with Crippen LogP contribution >= 0.6 is 11.6 Å². The van der Waals surface area contributed by atoms with Crippen molar-refractivity contribution in [3.63, 3.8) is 0 Å². The van der Waals surface area contributed by atoms with Crippen LogP contribution in [0.25, 0.3) is 21.9 Å². The first-order valence-corrected chi connectivity index (χ1v) is 9.10. The topological polar surface area (TPSA) is 35.5 Å². The fourth-order valence-electron chi connectivity index (χ4n) is 4.42. The number of benzene rings is 3. The molecule has 0 radical (unpaired) electrons. The Bertz CT molecular complexity index is 1100. The number of fused-ring (bicyclic) bond motifs is 8. The lowest BCUT2D eigenvalue weighted by molar-refractivity contribution is 0.0960. The largest absolute Gasteiger partial charge is 0.493 e. The summed E-state index contributed by atoms with van der Waals surface area (Å²) in [5.74, 6) is 1.37. The van der Waals surface area contributed by atoms with Gasteiger partial charge in [-0.3, -0.25) is 4.79 Å². The summed E-state index contributed by atoms with van der Waals surface area (Å²) < 4.78 is 11.0. The van der Waals surface area contributed by atoms with Crippen molar-refractivity contribution in [2.75, 3.05) is 14.2 Å². The quantitative estimate of drug-likeness (QED) is 0.593. The van der Waals surface area contributed by atoms with E-state index in [-0.39, 0.29) is 5.78 Å². The minimum atomic E-state index is -0.576. The first kappa shape index (κ1) is 15.7. The Kier molecular flexibility index (Phi) is 3.32. The average molecular weight is 365 g/mol. The maximum Gasteiger partial charge on any atom is 0.185 e. The fraction of sp³-hybridized carbons (Fsp3) is 0.227. The van der Waals surface area contributed by atoms with Gasteiger partial charge < -0.3 is 9.47 Å². The van der Waals surface area contributed by atoms with Gasteiger partial charge in [-0.15, -0.1) is 11.6 Å². The van der Waals surface area contributed by atoms with Gasteiger partial charge in [-0.25, -0.2) is 0 Å². The number of halogens is 1. The van der Waals surface area contributed by atoms with E-state index in [9.17, 15) is 4.79 Å². The summed E-state index contributed by atoms with van der Waals surface area (Å²) in [6, 6.07) is 12.4. The smallest absolute Gasteiger partial charge is 0.185 e. The predicted octanol–water partition coefficient (Wildman–Crippen LogP) is 5.10. The lowest BCUT2D eigenvalue weighted by Crippen LogP contribution is -2.27. The molecule has 2 aliphatic rings. The van der Waals surface area contributed by atoms with Gasteiger partial charge in [-0.2, -0.15) is 0 Å². The van der Waals surface area contributed by atoms with Crippen LogP contribution in [0.5, 0.6) is 11.5 Å². The van der Waals surface area contributed by atoms with Gasteiger partial charge in [0.15, 0.2) is 17.3 Å². The van der Waals surface area contributed by atoms with Crippen molar-refractivity contribution in [2.24, 2.45) is 0 Å². The molecular weight excluding hydrogens is 348 g/mol. The van der Waals surface area contributed by atoms with E-state index in [4.69, 9.17) is 21.1 Å². The molecule has 1 atom stereocenters. The number of methoxy groups -OCH3 is 2. The van der Waals surface area contributed by atoms with Crippen molar-refractivity contribution in [3.8, 4) is 22.6 Å². The van der Waals surface area contributed by atoms with E-state index >= 15 is 0 Å². The van der Waals surface area contributed by atoms with E-state index in [1.54, 1.807) is 14.2 Å². The molecule has 1 unspecified atom stereocenters. The molecular formula is C22H17ClO3. The average Bonchev–Trinajstić information content (AvgIpc) is 2.70. The zero-order valence-corrected chi connectivity index (χ0v) is 15.3. The molecule has 3 nitrogen and oxygen atoms in total. The molecule has 0 heterocycles. The Balaban J connectivity index is 1.97. The van der Waals surface area contributed by atoms with E-state index in [2.05, 4.69) is 18.2 Å². The molecule has 26 heavy (non-hydrogen) atoms. The second-order valence-electron chi connectivity index (χ2n) is 6.78. The van der Waals surface area contributed by atoms with Gasteiger partial charge in [0, 0.05) is 5.56 Å². The molecule has 0 fully saturated rings. The Labute approximate surface area is 156 Å². The van der Waals surface area contributed by atoms with Crippen molar-refractivity contribution >= 4 is 28.2 Å². The Hall–Kier alpha value is -2.52. The third-order valence-electron chi connectivity index (χ3n) is 5.62. The summed E-state index contributed by atoms with van der Waals surface area (Å²) in [7, 11) is 3.26. The third kappa shape index (κ3) is 1.87. The first-order valence-electron chi connectivity index (χ1n) is 8.66. The summed E-state index contributed by atoms with van der Waals surface area (Å²) in [6.45, 7) is 0. The number of ketones is 1. The SMILES string of the molecule is COc1cc2c3c(c4c(c2cc1OC)C(Cl)C4=O)CCc1ccccc1-3. The standard InChI is InChI=1S/C22H17ClO3/c1-25-16-9-14-15(10-17(16)26-2)19-20(22(24)21(19)23)13-8-7-11-5-3-4-6-12(11)18(13)14/h3-6,9-10,21H,7-8H2,1-2H3. The maximum absolute atomic E-state index is 12.6. The number of hydrogen-bond donors (Lipinski definition) is 0. The Morgan fingerprint density at radius 2 is 1.65 bits per heavy atom. The Morgan fingerprint density at radius 1 is 0.962 bits per heavy atom. The number of ether oxygens (including phenoxy) is 2. The molecule has 0 N–H and O–H groups in total. The van der Waals surface area contributed by atoms with Crippen LogP contribution in [-0.2, 0) is 12.8 Å². The maximum atomic E-state index is 12.6. The highest BCUT2D eigenvalue weighted by Gasteiger charge is 2.41. The van der Waals surface area contributed by atoms with Gasteiger partial charge in [0.05, 0.1) is 14.2 Å². The van der Waals surface area contributed by atoms with Crippen LogP contribution in [0.2, 0.25) is 0 Å². The third-order valence-corrected chi connectivity index (χ3v) is 6.03. The van der Waals surface area contributed by atoms with E-state index in [0.29, 0.717) is 11.5 Å². The van der Waals surface area contributed by atoms with Crippen LogP contribution in [0.4, 0.5) is 0 Å². The van der Waals surface area contributed by atoms with Crippen LogP contribution in [0.15, 0.2) is 36.4 Å². The second-order valence-corrected chi connectivity index (χ2v) is 7.22. The number of hydrogen-bond acceptors (Lipinski definition) is 3. The molecule has 4 heteroatoms. The van der Waals surface area contributed by atoms with Crippen LogP contribution in [-0.4, -0.2) is 20.0 Å². The second kappa shape index (κ2) is 5.49. The fourth-order valence-corrected chi connectivity index (χ4v) is 4.75. The van der Waals surface area contributed by atoms with Crippen LogP contribution in [0, 0.1) is 0 Å². The number of carbonyl (C=O) groups excluding carboxylic acids is 1. The minimum Gasteiger partial charge on any atom is -0.493 e. The van der Waals surface area contributed by atoms with Crippen molar-refractivity contribution in [1.29, 1.82) is 0 Å². The molecule has 0 saturated carbocycles. The molecule has 5 rings (SSSR count). The molecule has 0 aliphatic heterocycles. The summed E-state index contributed by atoms with van der Waals surface area (Å²) in [5.41, 5.74) is 6.52. The molecule has 130 valence electrons. The van der Waals surface area contributed by atoms with Crippen molar-refractivity contribution in [3.05, 3.63) is 58.7 Å². The zero-order valence-electron chi connectivity index (χ0n) is 14.6. The molecule has 0 aromatic heterocycles. The molecule has 0 amide bonds. The highest BCUT2D eigenvalue weighted by molar-refractivity contribution is 6.41. The molecule has 0 spiro atoms. The lowest BCUT2D eigenvalue weighted by atomic mass is 9.71. The summed E-state index contributed by atoms with van der Waals surface area (Å²) in [6.07, 6.45) is 1.79. The predicted molar refractivity (Wildman–Crippen MR) is 103 cm³/mol. The van der Waals surface area contributed by atoms with Gasteiger partial charge in [0.1, 0.15) is 5.38 Å². The molecule has 2 aliphatic carbocycles. The lowest BCUT2D eigenvalue weighted by Gasteiger charge is -2.33. The monoisotopic (exact) mass is 364 g/mol. The van der Waals surface area contributed by atoms with Gasteiger partial charge in [-0.1, -0.05) is 24.3 Å². The van der Waals surface area contributed by atoms with E-state index < -0.39 is 5.38 Å². The summed E-state index contributed by atoms with van der Waals surface area (Å²) in [4.78, 5) is 12.6. The van der Waals surface area contributed by atoms with Crippen molar-refractivity contribution in [2.45, 2.75) is 18.2 Å². The Morgan fingerprint density at radius 3 is 2.38 bits per heavy atom. The normalized spacial score (nSPS) is 17.2. The van der Waals surface area contributed by atoms with Crippen molar-refractivity contribution < 1.29 is 14.3 Å². The number of aryl methyl sites for hydroxylation is 1. The number of carbonyl (C=O) groups is 1. The van der Waals surface area contributed by atoms with Crippen LogP contribution in [0.1, 0.15) is 32.4 Å². The number of Topliss-reactive ketones (excluding diaryl/α,β-unsaturated/α-hetero) is 1. The number of rotatable bonds is 2. The van der Waals surface area contributed by atoms with E-state index in [1.165, 1.54) is 11.1 Å².